The molecule has 0 aromatic heterocycles. The van der Waals surface area contributed by atoms with E-state index in [4.69, 9.17) is 5.73 Å². The summed E-state index contributed by atoms with van der Waals surface area (Å²) in [7, 11) is 0. The normalized spacial score (nSPS) is 10.1. The first-order chi connectivity index (χ1) is 10.2. The number of halogens is 1. The Morgan fingerprint density at radius 2 is 1.95 bits per heavy atom. The van der Waals surface area contributed by atoms with E-state index in [2.05, 4.69) is 0 Å². The molecule has 108 valence electrons. The zero-order valence-electron chi connectivity index (χ0n) is 12.0. The van der Waals surface area contributed by atoms with Crippen LogP contribution >= 0.6 is 0 Å². The Labute approximate surface area is 124 Å². The van der Waals surface area contributed by atoms with E-state index in [0.29, 0.717) is 17.9 Å². The minimum atomic E-state index is -0.489. The highest BCUT2D eigenvalue weighted by atomic mass is 19.1. The Morgan fingerprint density at radius 3 is 2.62 bits per heavy atom. The Bertz CT molecular complexity index is 661. The van der Waals surface area contributed by atoms with E-state index in [1.54, 1.807) is 12.1 Å². The Morgan fingerprint density at radius 1 is 1.19 bits per heavy atom. The van der Waals surface area contributed by atoms with Crippen LogP contribution < -0.4 is 10.6 Å². The van der Waals surface area contributed by atoms with Gasteiger partial charge < -0.3 is 10.6 Å². The molecule has 0 radical (unpaired) electrons. The molecule has 2 aromatic carbocycles. The summed E-state index contributed by atoms with van der Waals surface area (Å²) in [5.74, 6) is -0.489. The van der Waals surface area contributed by atoms with Crippen LogP contribution in [0.2, 0.25) is 0 Å². The van der Waals surface area contributed by atoms with Gasteiger partial charge in [0.1, 0.15) is 17.4 Å². The molecule has 0 aliphatic carbocycles. The highest BCUT2D eigenvalue weighted by molar-refractivity contribution is 5.61. The lowest BCUT2D eigenvalue weighted by Gasteiger charge is -2.26. The largest absolute Gasteiger partial charge is 0.398 e. The van der Waals surface area contributed by atoms with Crippen molar-refractivity contribution in [1.29, 1.82) is 5.26 Å². The molecule has 0 saturated heterocycles. The number of hydrogen-bond donors (Lipinski definition) is 1. The summed E-state index contributed by atoms with van der Waals surface area (Å²) in [5, 5.41) is 9.20. The Kier molecular flexibility index (Phi) is 4.78. The van der Waals surface area contributed by atoms with E-state index in [9.17, 15) is 9.65 Å². The maximum atomic E-state index is 13.8. The Balaban J connectivity index is 2.39. The predicted molar refractivity (Wildman–Crippen MR) is 83.3 cm³/mol. The highest BCUT2D eigenvalue weighted by Gasteiger charge is 2.15. The summed E-state index contributed by atoms with van der Waals surface area (Å²) in [4.78, 5) is 1.99. The lowest BCUT2D eigenvalue weighted by Crippen LogP contribution is -2.25. The smallest absolute Gasteiger partial charge is 0.143 e. The summed E-state index contributed by atoms with van der Waals surface area (Å²) in [6, 6.07) is 14.3. The number of hydrogen-bond acceptors (Lipinski definition) is 3. The molecule has 0 amide bonds. The van der Waals surface area contributed by atoms with Crippen LogP contribution in [0.15, 0.2) is 42.5 Å². The van der Waals surface area contributed by atoms with Crippen LogP contribution in [0.3, 0.4) is 0 Å². The van der Waals surface area contributed by atoms with Crippen molar-refractivity contribution in [2.45, 2.75) is 19.9 Å². The maximum Gasteiger partial charge on any atom is 0.143 e. The second kappa shape index (κ2) is 6.76. The molecule has 4 heteroatoms. The first kappa shape index (κ1) is 14.9. The second-order valence-corrected chi connectivity index (χ2v) is 4.87. The van der Waals surface area contributed by atoms with Crippen LogP contribution in [0.5, 0.6) is 0 Å². The first-order valence-electron chi connectivity index (χ1n) is 6.94. The standard InChI is InChI=1S/C17H18FN3/c1-2-10-21(12-13-6-3-4-8-16(13)20)17-9-5-7-15(18)14(17)11-19/h3-9H,2,10,12,20H2,1H3. The fourth-order valence-electron chi connectivity index (χ4n) is 2.33. The van der Waals surface area contributed by atoms with Crippen molar-refractivity contribution in [2.75, 3.05) is 17.2 Å². The second-order valence-electron chi connectivity index (χ2n) is 4.87. The van der Waals surface area contributed by atoms with Gasteiger partial charge in [-0.2, -0.15) is 5.26 Å². The molecule has 3 nitrogen and oxygen atoms in total. The van der Waals surface area contributed by atoms with Gasteiger partial charge in [0.2, 0.25) is 0 Å². The molecule has 0 saturated carbocycles. The third-order valence-electron chi connectivity index (χ3n) is 3.35. The molecule has 2 rings (SSSR count). The van der Waals surface area contributed by atoms with Crippen molar-refractivity contribution >= 4 is 11.4 Å². The number of nitrogens with two attached hydrogens (primary N) is 1. The quantitative estimate of drug-likeness (QED) is 0.851. The number of para-hydroxylation sites is 1. The minimum absolute atomic E-state index is 0.0838. The van der Waals surface area contributed by atoms with E-state index in [0.717, 1.165) is 18.5 Å². The summed E-state index contributed by atoms with van der Waals surface area (Å²) in [6.45, 7) is 3.33. The first-order valence-corrected chi connectivity index (χ1v) is 6.94. The number of benzene rings is 2. The average molecular weight is 283 g/mol. The number of rotatable bonds is 5. The van der Waals surface area contributed by atoms with Crippen molar-refractivity contribution in [1.82, 2.24) is 0 Å². The average Bonchev–Trinajstić information content (AvgIpc) is 2.48. The van der Waals surface area contributed by atoms with Gasteiger partial charge in [0, 0.05) is 18.8 Å². The monoisotopic (exact) mass is 283 g/mol. The summed E-state index contributed by atoms with van der Waals surface area (Å²) >= 11 is 0. The van der Waals surface area contributed by atoms with Gasteiger partial charge >= 0.3 is 0 Å². The van der Waals surface area contributed by atoms with Crippen LogP contribution in [0.25, 0.3) is 0 Å². The molecular weight excluding hydrogens is 265 g/mol. The molecular formula is C17H18FN3. The van der Waals surface area contributed by atoms with Gasteiger partial charge in [-0.1, -0.05) is 31.2 Å². The van der Waals surface area contributed by atoms with E-state index in [1.807, 2.05) is 42.2 Å². The number of anilines is 2. The molecule has 0 atom stereocenters. The summed E-state index contributed by atoms with van der Waals surface area (Å²) in [5.41, 5.74) is 8.35. The lowest BCUT2D eigenvalue weighted by molar-refractivity contribution is 0.621. The topological polar surface area (TPSA) is 53.0 Å². The number of nitrogens with zero attached hydrogens (tertiary/aromatic N) is 2. The molecule has 21 heavy (non-hydrogen) atoms. The zero-order chi connectivity index (χ0) is 15.2. The van der Waals surface area contributed by atoms with E-state index >= 15 is 0 Å². The van der Waals surface area contributed by atoms with Gasteiger partial charge in [0.05, 0.1) is 5.69 Å². The molecule has 2 N–H and O–H groups in total. The van der Waals surface area contributed by atoms with Crippen LogP contribution in [-0.4, -0.2) is 6.54 Å². The van der Waals surface area contributed by atoms with Crippen molar-refractivity contribution in [3.05, 3.63) is 59.4 Å². The molecule has 0 aliphatic rings. The molecule has 0 fully saturated rings. The van der Waals surface area contributed by atoms with Crippen molar-refractivity contribution in [3.63, 3.8) is 0 Å². The zero-order valence-corrected chi connectivity index (χ0v) is 12.0. The van der Waals surface area contributed by atoms with Gasteiger partial charge in [-0.25, -0.2) is 4.39 Å². The van der Waals surface area contributed by atoms with E-state index in [1.165, 1.54) is 6.07 Å². The summed E-state index contributed by atoms with van der Waals surface area (Å²) < 4.78 is 13.8. The van der Waals surface area contributed by atoms with Crippen LogP contribution in [0.1, 0.15) is 24.5 Å². The molecule has 0 spiro atoms. The molecule has 0 unspecified atom stereocenters. The third kappa shape index (κ3) is 3.32. The van der Waals surface area contributed by atoms with Crippen molar-refractivity contribution < 1.29 is 4.39 Å². The van der Waals surface area contributed by atoms with Gasteiger partial charge in [-0.3, -0.25) is 0 Å². The molecule has 0 aliphatic heterocycles. The van der Waals surface area contributed by atoms with Crippen LogP contribution in [-0.2, 0) is 6.54 Å². The fourth-order valence-corrected chi connectivity index (χ4v) is 2.33. The molecule has 0 bridgehead atoms. The predicted octanol–water partition coefficient (Wildman–Crippen LogP) is 3.70. The van der Waals surface area contributed by atoms with Gasteiger partial charge in [-0.05, 0) is 30.2 Å². The van der Waals surface area contributed by atoms with E-state index in [-0.39, 0.29) is 5.56 Å². The van der Waals surface area contributed by atoms with Gasteiger partial charge in [0.25, 0.3) is 0 Å². The number of nitriles is 1. The fraction of sp³-hybridized carbons (Fsp3) is 0.235. The van der Waals surface area contributed by atoms with Crippen molar-refractivity contribution in [2.24, 2.45) is 0 Å². The van der Waals surface area contributed by atoms with E-state index < -0.39 is 5.82 Å². The third-order valence-corrected chi connectivity index (χ3v) is 3.35. The minimum Gasteiger partial charge on any atom is -0.398 e. The van der Waals surface area contributed by atoms with Gasteiger partial charge in [-0.15, -0.1) is 0 Å². The number of nitrogen functional groups attached to an aromatic ring is 1. The SMILES string of the molecule is CCCN(Cc1ccccc1N)c1cccc(F)c1C#N. The van der Waals surface area contributed by atoms with Crippen LogP contribution in [0, 0.1) is 17.1 Å². The lowest BCUT2D eigenvalue weighted by atomic mass is 10.1. The summed E-state index contributed by atoms with van der Waals surface area (Å²) in [6.07, 6.45) is 0.897. The molecule has 2 aromatic rings. The van der Waals surface area contributed by atoms with Crippen molar-refractivity contribution in [3.8, 4) is 6.07 Å². The van der Waals surface area contributed by atoms with Crippen LogP contribution in [0.4, 0.5) is 15.8 Å². The Hall–Kier alpha value is -2.54. The molecule has 0 heterocycles. The maximum absolute atomic E-state index is 13.8. The highest BCUT2D eigenvalue weighted by Crippen LogP contribution is 2.25. The van der Waals surface area contributed by atoms with Gasteiger partial charge in [0.15, 0.2) is 0 Å².